The number of sulfonamides is 1. The first kappa shape index (κ1) is 24.8. The molecule has 0 aromatic heterocycles. The van der Waals surface area contributed by atoms with E-state index in [2.05, 4.69) is 10.0 Å². The molecule has 0 saturated heterocycles. The molecule has 0 fully saturated rings. The lowest BCUT2D eigenvalue weighted by atomic mass is 10.2. The van der Waals surface area contributed by atoms with Gasteiger partial charge in [-0.25, -0.2) is 22.7 Å². The second-order valence-corrected chi connectivity index (χ2v) is 8.62. The van der Waals surface area contributed by atoms with Crippen LogP contribution >= 0.6 is 0 Å². The Morgan fingerprint density at radius 1 is 1.03 bits per heavy atom. The zero-order chi connectivity index (χ0) is 23.7. The SMILES string of the molecule is COc1ccc(C(=O)OCC(=O)NC(=O)NCc2ccccc2)cc1S(=O)(=O)NC(C)C. The monoisotopic (exact) mass is 463 g/mol. The first-order valence-electron chi connectivity index (χ1n) is 9.61. The van der Waals surface area contributed by atoms with Gasteiger partial charge in [-0.05, 0) is 37.6 Å². The molecule has 32 heavy (non-hydrogen) atoms. The van der Waals surface area contributed by atoms with Crippen molar-refractivity contribution in [2.24, 2.45) is 0 Å². The van der Waals surface area contributed by atoms with E-state index in [0.717, 1.165) is 11.6 Å². The van der Waals surface area contributed by atoms with Gasteiger partial charge in [0.15, 0.2) is 6.61 Å². The molecule has 0 saturated carbocycles. The summed E-state index contributed by atoms with van der Waals surface area (Å²) in [4.78, 5) is 35.7. The highest BCUT2D eigenvalue weighted by atomic mass is 32.2. The third-order valence-corrected chi connectivity index (χ3v) is 5.64. The predicted molar refractivity (Wildman–Crippen MR) is 116 cm³/mol. The van der Waals surface area contributed by atoms with Gasteiger partial charge in [-0.2, -0.15) is 0 Å². The van der Waals surface area contributed by atoms with E-state index in [1.165, 1.54) is 19.2 Å². The first-order chi connectivity index (χ1) is 15.1. The summed E-state index contributed by atoms with van der Waals surface area (Å²) in [6.45, 7) is 2.79. The number of hydrogen-bond acceptors (Lipinski definition) is 7. The number of amides is 3. The third kappa shape index (κ3) is 7.36. The van der Waals surface area contributed by atoms with Crippen LogP contribution in [0.3, 0.4) is 0 Å². The van der Waals surface area contributed by atoms with Gasteiger partial charge in [0.05, 0.1) is 12.7 Å². The molecule has 0 aliphatic carbocycles. The highest BCUT2D eigenvalue weighted by Gasteiger charge is 2.23. The number of methoxy groups -OCH3 is 1. The molecule has 0 bridgehead atoms. The number of imide groups is 1. The van der Waals surface area contributed by atoms with Gasteiger partial charge in [-0.15, -0.1) is 0 Å². The Hall–Kier alpha value is -3.44. The summed E-state index contributed by atoms with van der Waals surface area (Å²) < 4.78 is 37.4. The molecule has 3 N–H and O–H groups in total. The van der Waals surface area contributed by atoms with Crippen molar-refractivity contribution in [3.63, 3.8) is 0 Å². The van der Waals surface area contributed by atoms with Gasteiger partial charge in [0.25, 0.3) is 5.91 Å². The van der Waals surface area contributed by atoms with Gasteiger partial charge in [-0.3, -0.25) is 10.1 Å². The van der Waals surface area contributed by atoms with Crippen LogP contribution in [-0.4, -0.2) is 46.1 Å². The Kier molecular flexibility index (Phi) is 8.73. The van der Waals surface area contributed by atoms with Crippen LogP contribution in [0.5, 0.6) is 5.75 Å². The van der Waals surface area contributed by atoms with Gasteiger partial charge in [0.1, 0.15) is 10.6 Å². The summed E-state index contributed by atoms with van der Waals surface area (Å²) in [5.74, 6) is -1.73. The van der Waals surface area contributed by atoms with E-state index in [4.69, 9.17) is 9.47 Å². The van der Waals surface area contributed by atoms with E-state index in [9.17, 15) is 22.8 Å². The number of hydrogen-bond donors (Lipinski definition) is 3. The molecule has 2 rings (SSSR count). The van der Waals surface area contributed by atoms with E-state index in [0.29, 0.717) is 0 Å². The normalized spacial score (nSPS) is 11.0. The molecule has 0 atom stereocenters. The maximum atomic E-state index is 12.5. The molecule has 0 radical (unpaired) electrons. The van der Waals surface area contributed by atoms with Crippen LogP contribution < -0.4 is 20.1 Å². The highest BCUT2D eigenvalue weighted by molar-refractivity contribution is 7.89. The van der Waals surface area contributed by atoms with Gasteiger partial charge in [0.2, 0.25) is 10.0 Å². The average molecular weight is 464 g/mol. The standard InChI is InChI=1S/C21H25N3O7S/c1-14(2)24-32(28,29)18-11-16(9-10-17(18)30-3)20(26)31-13-19(25)23-21(27)22-12-15-7-5-4-6-8-15/h4-11,14,24H,12-13H2,1-3H3,(H2,22,23,25,27). The Balaban J connectivity index is 1.95. The largest absolute Gasteiger partial charge is 0.495 e. The maximum Gasteiger partial charge on any atom is 0.338 e. The average Bonchev–Trinajstić information content (AvgIpc) is 2.75. The van der Waals surface area contributed by atoms with Crippen molar-refractivity contribution in [1.29, 1.82) is 0 Å². The van der Waals surface area contributed by atoms with Crippen LogP contribution in [0.15, 0.2) is 53.4 Å². The summed E-state index contributed by atoms with van der Waals surface area (Å²) >= 11 is 0. The molecule has 172 valence electrons. The van der Waals surface area contributed by atoms with Crippen molar-refractivity contribution < 1.29 is 32.3 Å². The van der Waals surface area contributed by atoms with Gasteiger partial charge in [-0.1, -0.05) is 30.3 Å². The van der Waals surface area contributed by atoms with Crippen molar-refractivity contribution in [3.8, 4) is 5.75 Å². The number of ether oxygens (including phenoxy) is 2. The number of urea groups is 1. The van der Waals surface area contributed by atoms with E-state index >= 15 is 0 Å². The van der Waals surface area contributed by atoms with Crippen molar-refractivity contribution in [2.75, 3.05) is 13.7 Å². The molecule has 10 nitrogen and oxygen atoms in total. The molecular weight excluding hydrogens is 438 g/mol. The molecule has 0 spiro atoms. The molecule has 0 aliphatic rings. The predicted octanol–water partition coefficient (Wildman–Crippen LogP) is 1.56. The van der Waals surface area contributed by atoms with Gasteiger partial charge >= 0.3 is 12.0 Å². The van der Waals surface area contributed by atoms with Crippen molar-refractivity contribution in [2.45, 2.75) is 31.3 Å². The third-order valence-electron chi connectivity index (χ3n) is 3.96. The minimum Gasteiger partial charge on any atom is -0.495 e. The number of carbonyl (C=O) groups is 3. The topological polar surface area (TPSA) is 140 Å². The fourth-order valence-corrected chi connectivity index (χ4v) is 4.03. The molecule has 2 aromatic carbocycles. The number of nitrogens with one attached hydrogen (secondary N) is 3. The second kappa shape index (κ2) is 11.3. The Morgan fingerprint density at radius 2 is 1.72 bits per heavy atom. The first-order valence-corrected chi connectivity index (χ1v) is 11.1. The van der Waals surface area contributed by atoms with Crippen LogP contribution in [0.1, 0.15) is 29.8 Å². The summed E-state index contributed by atoms with van der Waals surface area (Å²) in [5, 5.41) is 4.54. The highest BCUT2D eigenvalue weighted by Crippen LogP contribution is 2.25. The smallest absolute Gasteiger partial charge is 0.338 e. The summed E-state index contributed by atoms with van der Waals surface area (Å²) in [6, 6.07) is 11.7. The van der Waals surface area contributed by atoms with E-state index in [-0.39, 0.29) is 28.8 Å². The van der Waals surface area contributed by atoms with Crippen LogP contribution in [0.25, 0.3) is 0 Å². The molecular formula is C21H25N3O7S. The lowest BCUT2D eigenvalue weighted by Crippen LogP contribution is -2.41. The Bertz CT molecular complexity index is 1070. The fourth-order valence-electron chi connectivity index (χ4n) is 2.59. The quantitative estimate of drug-likeness (QED) is 0.480. The second-order valence-electron chi connectivity index (χ2n) is 6.93. The van der Waals surface area contributed by atoms with Crippen LogP contribution in [0.2, 0.25) is 0 Å². The van der Waals surface area contributed by atoms with E-state index in [1.807, 2.05) is 35.6 Å². The molecule has 0 heterocycles. The Morgan fingerprint density at radius 3 is 2.34 bits per heavy atom. The van der Waals surface area contributed by atoms with E-state index in [1.54, 1.807) is 13.8 Å². The van der Waals surface area contributed by atoms with E-state index < -0.39 is 34.5 Å². The lowest BCUT2D eigenvalue weighted by molar-refractivity contribution is -0.123. The molecule has 11 heteroatoms. The summed E-state index contributed by atoms with van der Waals surface area (Å²) in [7, 11) is -2.65. The minimum absolute atomic E-state index is 0.0440. The number of carbonyl (C=O) groups excluding carboxylic acids is 3. The van der Waals surface area contributed by atoms with Crippen LogP contribution in [0, 0.1) is 0 Å². The number of rotatable bonds is 9. The lowest BCUT2D eigenvalue weighted by Gasteiger charge is -2.14. The maximum absolute atomic E-state index is 12.5. The zero-order valence-electron chi connectivity index (χ0n) is 17.9. The molecule has 0 unspecified atom stereocenters. The van der Waals surface area contributed by atoms with Crippen molar-refractivity contribution in [1.82, 2.24) is 15.4 Å². The summed E-state index contributed by atoms with van der Waals surface area (Å²) in [6.07, 6.45) is 0. The fraction of sp³-hybridized carbons (Fsp3) is 0.286. The number of esters is 1. The number of benzene rings is 2. The van der Waals surface area contributed by atoms with Crippen LogP contribution in [-0.2, 0) is 26.1 Å². The zero-order valence-corrected chi connectivity index (χ0v) is 18.7. The van der Waals surface area contributed by atoms with Crippen molar-refractivity contribution in [3.05, 3.63) is 59.7 Å². The van der Waals surface area contributed by atoms with Crippen molar-refractivity contribution >= 4 is 27.9 Å². The van der Waals surface area contributed by atoms with Gasteiger partial charge < -0.3 is 14.8 Å². The summed E-state index contributed by atoms with van der Waals surface area (Å²) in [5.41, 5.74) is 0.745. The molecule has 2 aromatic rings. The van der Waals surface area contributed by atoms with Gasteiger partial charge in [0, 0.05) is 12.6 Å². The Labute approximate surface area is 186 Å². The minimum atomic E-state index is -3.95. The van der Waals surface area contributed by atoms with Crippen LogP contribution in [0.4, 0.5) is 4.79 Å². The molecule has 0 aliphatic heterocycles. The molecule has 3 amide bonds.